The number of aryl methyl sites for hydroxylation is 1. The molecule has 0 fully saturated rings. The standard InChI is InChI=1S/C26H37N3O5S/c1-7-24(26(31)27-16-19(2)3)28(17-21-11-9-13-23(15-21)34-5)25(30)18-29(35(6,32)33)22-12-8-10-20(4)14-22/h8-15,19,24H,7,16-18H2,1-6H3,(H,27,31)/t24-/m0/s1. The van der Waals surface area contributed by atoms with E-state index < -0.39 is 28.5 Å². The summed E-state index contributed by atoms with van der Waals surface area (Å²) in [6, 6.07) is 13.5. The maximum absolute atomic E-state index is 13.7. The van der Waals surface area contributed by atoms with Crippen molar-refractivity contribution in [2.45, 2.75) is 46.7 Å². The Labute approximate surface area is 209 Å². The van der Waals surface area contributed by atoms with Gasteiger partial charge in [-0.05, 0) is 54.7 Å². The highest BCUT2D eigenvalue weighted by Gasteiger charge is 2.31. The van der Waals surface area contributed by atoms with Gasteiger partial charge in [-0.3, -0.25) is 13.9 Å². The Balaban J connectivity index is 2.44. The molecule has 0 bridgehead atoms. The van der Waals surface area contributed by atoms with E-state index in [-0.39, 0.29) is 18.4 Å². The molecular weight excluding hydrogens is 466 g/mol. The van der Waals surface area contributed by atoms with Crippen LogP contribution in [0.3, 0.4) is 0 Å². The van der Waals surface area contributed by atoms with Crippen molar-refractivity contribution in [3.05, 3.63) is 59.7 Å². The van der Waals surface area contributed by atoms with Crippen molar-refractivity contribution in [1.29, 1.82) is 0 Å². The Bertz CT molecular complexity index is 1120. The fourth-order valence-corrected chi connectivity index (χ4v) is 4.55. The van der Waals surface area contributed by atoms with Gasteiger partial charge >= 0.3 is 0 Å². The Morgan fingerprint density at radius 1 is 1.09 bits per heavy atom. The zero-order valence-corrected chi connectivity index (χ0v) is 22.3. The lowest BCUT2D eigenvalue weighted by atomic mass is 10.1. The van der Waals surface area contributed by atoms with Crippen LogP contribution in [-0.2, 0) is 26.2 Å². The van der Waals surface area contributed by atoms with E-state index in [0.29, 0.717) is 24.4 Å². The number of carbonyl (C=O) groups is 2. The molecule has 0 radical (unpaired) electrons. The molecule has 2 aromatic carbocycles. The first-order valence-electron chi connectivity index (χ1n) is 11.7. The van der Waals surface area contributed by atoms with Gasteiger partial charge in [0.15, 0.2) is 0 Å². The zero-order chi connectivity index (χ0) is 26.2. The lowest BCUT2D eigenvalue weighted by Crippen LogP contribution is -2.52. The van der Waals surface area contributed by atoms with Crippen LogP contribution < -0.4 is 14.4 Å². The molecule has 35 heavy (non-hydrogen) atoms. The molecular formula is C26H37N3O5S. The molecule has 8 nitrogen and oxygen atoms in total. The second-order valence-corrected chi connectivity index (χ2v) is 11.0. The number of amides is 2. The van der Waals surface area contributed by atoms with Gasteiger partial charge in [-0.1, -0.05) is 45.0 Å². The molecule has 1 N–H and O–H groups in total. The number of benzene rings is 2. The van der Waals surface area contributed by atoms with Gasteiger partial charge < -0.3 is 15.0 Å². The second kappa shape index (κ2) is 12.6. The van der Waals surface area contributed by atoms with Crippen LogP contribution in [0.15, 0.2) is 48.5 Å². The van der Waals surface area contributed by atoms with Crippen molar-refractivity contribution in [2.24, 2.45) is 5.92 Å². The highest BCUT2D eigenvalue weighted by Crippen LogP contribution is 2.21. The molecule has 2 aromatic rings. The number of hydrogen-bond acceptors (Lipinski definition) is 5. The van der Waals surface area contributed by atoms with Crippen LogP contribution in [0.5, 0.6) is 5.75 Å². The summed E-state index contributed by atoms with van der Waals surface area (Å²) in [5.41, 5.74) is 2.05. The largest absolute Gasteiger partial charge is 0.497 e. The number of sulfonamides is 1. The Morgan fingerprint density at radius 2 is 1.77 bits per heavy atom. The number of methoxy groups -OCH3 is 1. The summed E-state index contributed by atoms with van der Waals surface area (Å²) < 4.78 is 31.7. The fourth-order valence-electron chi connectivity index (χ4n) is 3.71. The van der Waals surface area contributed by atoms with Crippen molar-refractivity contribution in [3.63, 3.8) is 0 Å². The second-order valence-electron chi connectivity index (χ2n) is 9.04. The summed E-state index contributed by atoms with van der Waals surface area (Å²) in [6.45, 7) is 7.87. The van der Waals surface area contributed by atoms with E-state index in [0.717, 1.165) is 21.7 Å². The maximum atomic E-state index is 13.7. The monoisotopic (exact) mass is 503 g/mol. The average molecular weight is 504 g/mol. The normalized spacial score (nSPS) is 12.2. The van der Waals surface area contributed by atoms with Crippen molar-refractivity contribution >= 4 is 27.5 Å². The SMILES string of the molecule is CC[C@@H](C(=O)NCC(C)C)N(Cc1cccc(OC)c1)C(=O)CN(c1cccc(C)c1)S(C)(=O)=O. The Hall–Kier alpha value is -3.07. The predicted molar refractivity (Wildman–Crippen MR) is 139 cm³/mol. The molecule has 0 aliphatic carbocycles. The minimum absolute atomic E-state index is 0.134. The molecule has 0 aromatic heterocycles. The smallest absolute Gasteiger partial charge is 0.244 e. The van der Waals surface area contributed by atoms with Crippen molar-refractivity contribution in [3.8, 4) is 5.75 Å². The molecule has 0 spiro atoms. The highest BCUT2D eigenvalue weighted by molar-refractivity contribution is 7.92. The third-order valence-electron chi connectivity index (χ3n) is 5.53. The van der Waals surface area contributed by atoms with Crippen LogP contribution in [0.2, 0.25) is 0 Å². The van der Waals surface area contributed by atoms with Crippen LogP contribution in [-0.4, -0.2) is 57.6 Å². The van der Waals surface area contributed by atoms with Gasteiger partial charge in [0, 0.05) is 13.1 Å². The van der Waals surface area contributed by atoms with E-state index in [1.807, 2.05) is 45.9 Å². The number of hydrogen-bond donors (Lipinski definition) is 1. The lowest BCUT2D eigenvalue weighted by molar-refractivity contribution is -0.140. The van der Waals surface area contributed by atoms with Crippen LogP contribution in [0.4, 0.5) is 5.69 Å². The third kappa shape index (κ3) is 8.28. The summed E-state index contributed by atoms with van der Waals surface area (Å²) in [7, 11) is -2.20. The summed E-state index contributed by atoms with van der Waals surface area (Å²) >= 11 is 0. The maximum Gasteiger partial charge on any atom is 0.244 e. The van der Waals surface area contributed by atoms with Crippen LogP contribution in [0.25, 0.3) is 0 Å². The molecule has 9 heteroatoms. The first kappa shape index (κ1) is 28.2. The van der Waals surface area contributed by atoms with Gasteiger partial charge in [0.05, 0.1) is 19.1 Å². The quantitative estimate of drug-likeness (QED) is 0.479. The molecule has 2 amide bonds. The number of carbonyl (C=O) groups excluding carboxylic acids is 2. The van der Waals surface area contributed by atoms with E-state index in [1.54, 1.807) is 37.4 Å². The van der Waals surface area contributed by atoms with Crippen molar-refractivity contribution in [2.75, 3.05) is 30.8 Å². The molecule has 0 saturated carbocycles. The van der Waals surface area contributed by atoms with E-state index >= 15 is 0 Å². The van der Waals surface area contributed by atoms with Gasteiger partial charge in [0.25, 0.3) is 0 Å². The summed E-state index contributed by atoms with van der Waals surface area (Å²) in [5.74, 6) is 0.149. The van der Waals surface area contributed by atoms with Gasteiger partial charge in [-0.25, -0.2) is 8.42 Å². The van der Waals surface area contributed by atoms with Gasteiger partial charge in [0.1, 0.15) is 18.3 Å². The minimum atomic E-state index is -3.76. The lowest BCUT2D eigenvalue weighted by Gasteiger charge is -2.33. The van der Waals surface area contributed by atoms with E-state index in [2.05, 4.69) is 5.32 Å². The topological polar surface area (TPSA) is 96.0 Å². The van der Waals surface area contributed by atoms with Crippen LogP contribution in [0, 0.1) is 12.8 Å². The average Bonchev–Trinajstić information content (AvgIpc) is 2.80. The highest BCUT2D eigenvalue weighted by atomic mass is 32.2. The molecule has 0 heterocycles. The van der Waals surface area contributed by atoms with Crippen molar-refractivity contribution in [1.82, 2.24) is 10.2 Å². The van der Waals surface area contributed by atoms with Gasteiger partial charge in [-0.2, -0.15) is 0 Å². The number of rotatable bonds is 12. The summed E-state index contributed by atoms with van der Waals surface area (Å²) in [4.78, 5) is 28.2. The number of nitrogens with zero attached hydrogens (tertiary/aromatic N) is 2. The Morgan fingerprint density at radius 3 is 2.34 bits per heavy atom. The van der Waals surface area contributed by atoms with Crippen LogP contribution in [0.1, 0.15) is 38.3 Å². The first-order chi connectivity index (χ1) is 16.5. The van der Waals surface area contributed by atoms with Gasteiger partial charge in [0.2, 0.25) is 21.8 Å². The third-order valence-corrected chi connectivity index (χ3v) is 6.67. The Kier molecular flexibility index (Phi) is 10.1. The molecule has 2 rings (SSSR count). The molecule has 0 saturated heterocycles. The predicted octanol–water partition coefficient (Wildman–Crippen LogP) is 3.35. The number of ether oxygens (including phenoxy) is 1. The van der Waals surface area contributed by atoms with Gasteiger partial charge in [-0.15, -0.1) is 0 Å². The molecule has 0 unspecified atom stereocenters. The summed E-state index contributed by atoms with van der Waals surface area (Å²) in [6.07, 6.45) is 1.45. The van der Waals surface area contributed by atoms with Crippen molar-refractivity contribution < 1.29 is 22.7 Å². The zero-order valence-electron chi connectivity index (χ0n) is 21.4. The summed E-state index contributed by atoms with van der Waals surface area (Å²) in [5, 5.41) is 2.91. The van der Waals surface area contributed by atoms with Crippen LogP contribution >= 0.6 is 0 Å². The van der Waals surface area contributed by atoms with E-state index in [1.165, 1.54) is 4.90 Å². The fraction of sp³-hybridized carbons (Fsp3) is 0.462. The molecule has 0 aliphatic rings. The number of anilines is 1. The number of nitrogens with one attached hydrogen (secondary N) is 1. The minimum Gasteiger partial charge on any atom is -0.497 e. The van der Waals surface area contributed by atoms with E-state index in [4.69, 9.17) is 4.74 Å². The molecule has 0 aliphatic heterocycles. The molecule has 192 valence electrons. The molecule has 1 atom stereocenters. The van der Waals surface area contributed by atoms with E-state index in [9.17, 15) is 18.0 Å². The first-order valence-corrected chi connectivity index (χ1v) is 13.6.